The van der Waals surface area contributed by atoms with E-state index in [1.807, 2.05) is 24.3 Å². The molecule has 0 saturated carbocycles. The smallest absolute Gasteiger partial charge is 0.264 e. The normalized spacial score (nSPS) is 17.4. The summed E-state index contributed by atoms with van der Waals surface area (Å²) in [6, 6.07) is 18.9. The quantitative estimate of drug-likeness (QED) is 0.400. The highest BCUT2D eigenvalue weighted by atomic mass is 35.5. The molecule has 38 heavy (non-hydrogen) atoms. The van der Waals surface area contributed by atoms with E-state index in [2.05, 4.69) is 10.6 Å². The van der Waals surface area contributed by atoms with Gasteiger partial charge in [0.15, 0.2) is 5.60 Å². The van der Waals surface area contributed by atoms with Crippen molar-refractivity contribution in [2.24, 2.45) is 0 Å². The molecular weight excluding hydrogens is 512 g/mol. The van der Waals surface area contributed by atoms with E-state index < -0.39 is 30.5 Å². The number of nitrogens with one attached hydrogen (secondary N) is 2. The summed E-state index contributed by atoms with van der Waals surface area (Å²) < 4.78 is 25.1. The van der Waals surface area contributed by atoms with Gasteiger partial charge in [-0.2, -0.15) is 0 Å². The Bertz CT molecular complexity index is 1320. The number of halogens is 3. The molecule has 3 N–H and O–H groups in total. The van der Waals surface area contributed by atoms with Crippen LogP contribution >= 0.6 is 11.6 Å². The number of hydrogen-bond donors (Lipinski definition) is 3. The summed E-state index contributed by atoms with van der Waals surface area (Å²) >= 11 is 6.15. The molecule has 6 nitrogen and oxygen atoms in total. The third-order valence-electron chi connectivity index (χ3n) is 7.29. The Morgan fingerprint density at radius 1 is 1.00 bits per heavy atom. The number of nitrogens with zero attached hydrogens (tertiary/aromatic N) is 1. The summed E-state index contributed by atoms with van der Waals surface area (Å²) in [5.41, 5.74) is 2.17. The molecule has 0 bridgehead atoms. The number of aliphatic hydroxyl groups is 1. The molecule has 1 fully saturated rings. The topological polar surface area (TPSA) is 81.7 Å². The molecule has 2 amide bonds. The Morgan fingerprint density at radius 2 is 1.66 bits per heavy atom. The maximum atomic E-state index is 14.0. The monoisotopic (exact) mass is 539 g/mol. The van der Waals surface area contributed by atoms with E-state index in [1.165, 1.54) is 4.90 Å². The maximum absolute atomic E-state index is 14.0. The van der Waals surface area contributed by atoms with E-state index in [9.17, 15) is 23.5 Å². The van der Waals surface area contributed by atoms with Crippen LogP contribution in [0, 0.1) is 0 Å². The summed E-state index contributed by atoms with van der Waals surface area (Å²) in [5, 5.41) is 18.0. The highest BCUT2D eigenvalue weighted by molar-refractivity contribution is 6.30. The van der Waals surface area contributed by atoms with Gasteiger partial charge in [-0.3, -0.25) is 9.59 Å². The van der Waals surface area contributed by atoms with Gasteiger partial charge in [-0.1, -0.05) is 66.2 Å². The van der Waals surface area contributed by atoms with Crippen LogP contribution in [0.2, 0.25) is 5.02 Å². The van der Waals surface area contributed by atoms with Crippen molar-refractivity contribution in [3.63, 3.8) is 0 Å². The second-order valence-electron chi connectivity index (χ2n) is 9.61. The molecule has 2 aliphatic rings. The molecule has 3 aromatic carbocycles. The van der Waals surface area contributed by atoms with E-state index in [1.54, 1.807) is 42.5 Å². The van der Waals surface area contributed by atoms with Gasteiger partial charge in [-0.25, -0.2) is 8.78 Å². The minimum Gasteiger partial charge on any atom is -0.372 e. The van der Waals surface area contributed by atoms with Crippen molar-refractivity contribution in [1.29, 1.82) is 0 Å². The van der Waals surface area contributed by atoms with Crippen molar-refractivity contribution >= 4 is 23.4 Å². The number of benzene rings is 3. The molecule has 1 atom stereocenters. The fourth-order valence-corrected chi connectivity index (χ4v) is 5.67. The lowest BCUT2D eigenvalue weighted by atomic mass is 9.89. The molecule has 5 rings (SSSR count). The fraction of sp³-hybridized carbons (Fsp3) is 0.310. The van der Waals surface area contributed by atoms with Crippen LogP contribution in [0.4, 0.5) is 8.78 Å². The molecule has 1 aliphatic heterocycles. The molecular formula is C29H28ClF2N3O3. The van der Waals surface area contributed by atoms with E-state index in [0.29, 0.717) is 41.1 Å². The first-order chi connectivity index (χ1) is 18.3. The molecule has 0 aromatic heterocycles. The van der Waals surface area contributed by atoms with Crippen molar-refractivity contribution in [1.82, 2.24) is 15.5 Å². The predicted molar refractivity (Wildman–Crippen MR) is 141 cm³/mol. The van der Waals surface area contributed by atoms with E-state index >= 15 is 0 Å². The molecule has 9 heteroatoms. The Labute approximate surface area is 224 Å². The Kier molecular flexibility index (Phi) is 7.47. The van der Waals surface area contributed by atoms with Gasteiger partial charge in [-0.05, 0) is 47.2 Å². The second kappa shape index (κ2) is 10.8. The van der Waals surface area contributed by atoms with E-state index in [0.717, 1.165) is 16.7 Å². The highest BCUT2D eigenvalue weighted by Crippen LogP contribution is 2.48. The van der Waals surface area contributed by atoms with E-state index in [-0.39, 0.29) is 19.0 Å². The van der Waals surface area contributed by atoms with Crippen LogP contribution in [0.15, 0.2) is 66.7 Å². The Hall–Kier alpha value is -3.33. The van der Waals surface area contributed by atoms with Gasteiger partial charge in [0.05, 0.1) is 6.54 Å². The first-order valence-corrected chi connectivity index (χ1v) is 12.9. The molecule has 1 saturated heterocycles. The number of fused-ring (bicyclic) bond motifs is 3. The lowest BCUT2D eigenvalue weighted by Crippen LogP contribution is -2.52. The van der Waals surface area contributed by atoms with Crippen molar-refractivity contribution < 1.29 is 23.5 Å². The number of alkyl halides is 2. The second-order valence-corrected chi connectivity index (χ2v) is 10.0. The van der Waals surface area contributed by atoms with Gasteiger partial charge in [0.2, 0.25) is 5.91 Å². The van der Waals surface area contributed by atoms with Crippen LogP contribution in [0.1, 0.15) is 35.1 Å². The number of carbonyl (C=O) groups is 2. The van der Waals surface area contributed by atoms with Gasteiger partial charge in [0.25, 0.3) is 12.3 Å². The lowest BCUT2D eigenvalue weighted by molar-refractivity contribution is -0.151. The van der Waals surface area contributed by atoms with Crippen molar-refractivity contribution in [2.45, 2.75) is 44.0 Å². The molecule has 3 aromatic rings. The molecule has 1 aliphatic carbocycles. The summed E-state index contributed by atoms with van der Waals surface area (Å²) in [5.74, 6) is -0.863. The van der Waals surface area contributed by atoms with Crippen molar-refractivity contribution in [3.8, 4) is 11.1 Å². The number of hydrogen-bond acceptors (Lipinski definition) is 4. The highest BCUT2D eigenvalue weighted by Gasteiger charge is 2.52. The Morgan fingerprint density at radius 3 is 2.32 bits per heavy atom. The van der Waals surface area contributed by atoms with Crippen LogP contribution in [0.25, 0.3) is 11.1 Å². The van der Waals surface area contributed by atoms with Crippen LogP contribution in [-0.2, 0) is 28.3 Å². The molecule has 1 heterocycles. The summed E-state index contributed by atoms with van der Waals surface area (Å²) in [4.78, 5) is 28.7. The fourth-order valence-electron chi connectivity index (χ4n) is 5.48. The lowest BCUT2D eigenvalue weighted by Gasteiger charge is -2.33. The third-order valence-corrected chi connectivity index (χ3v) is 7.52. The number of rotatable bonds is 8. The van der Waals surface area contributed by atoms with Gasteiger partial charge in [-0.15, -0.1) is 0 Å². The minimum atomic E-state index is -2.47. The number of likely N-dealkylation sites (tertiary alicyclic amines) is 1. The maximum Gasteiger partial charge on any atom is 0.264 e. The van der Waals surface area contributed by atoms with Crippen LogP contribution < -0.4 is 10.6 Å². The van der Waals surface area contributed by atoms with Gasteiger partial charge in [0, 0.05) is 35.8 Å². The average Bonchev–Trinajstić information content (AvgIpc) is 3.51. The molecule has 198 valence electrons. The zero-order valence-electron chi connectivity index (χ0n) is 20.6. The van der Waals surface area contributed by atoms with Crippen LogP contribution in [0.3, 0.4) is 0 Å². The molecule has 0 unspecified atom stereocenters. The summed E-state index contributed by atoms with van der Waals surface area (Å²) in [6.45, 7) is 0.235. The minimum absolute atomic E-state index is 0.125. The van der Waals surface area contributed by atoms with Crippen LogP contribution in [0.5, 0.6) is 0 Å². The average molecular weight is 540 g/mol. The van der Waals surface area contributed by atoms with E-state index in [4.69, 9.17) is 11.6 Å². The van der Waals surface area contributed by atoms with Crippen LogP contribution in [-0.4, -0.2) is 47.4 Å². The van der Waals surface area contributed by atoms with Gasteiger partial charge in [0.1, 0.15) is 6.04 Å². The number of amides is 2. The Balaban J connectivity index is 1.34. The van der Waals surface area contributed by atoms with Crippen molar-refractivity contribution in [3.05, 3.63) is 94.0 Å². The first kappa shape index (κ1) is 26.3. The zero-order chi connectivity index (χ0) is 26.9. The molecule has 0 spiro atoms. The van der Waals surface area contributed by atoms with Gasteiger partial charge >= 0.3 is 0 Å². The SMILES string of the molecule is O=C(NCc1cc(Cl)ccc1CNCC(F)F)[C@@H]1CCCN1C(=O)C1(O)c2ccccc2-c2ccccc21. The zero-order valence-corrected chi connectivity index (χ0v) is 21.3. The standard InChI is InChI=1S/C29H28ClF2N3O3/c30-20-12-11-18(15-33-17-26(31)32)19(14-20)16-34-27(36)25-10-5-13-35(25)28(37)29(38)23-8-3-1-6-21(23)22-7-2-4-9-24(22)29/h1-4,6-9,11-12,14,25-26,33,38H,5,10,13,15-17H2,(H,34,36)/t25-/m0/s1. The summed E-state index contributed by atoms with van der Waals surface area (Å²) in [7, 11) is 0. The van der Waals surface area contributed by atoms with Crippen molar-refractivity contribution in [2.75, 3.05) is 13.1 Å². The summed E-state index contributed by atoms with van der Waals surface area (Å²) in [6.07, 6.45) is -1.37. The predicted octanol–water partition coefficient (Wildman–Crippen LogP) is 4.22. The third kappa shape index (κ3) is 4.79. The first-order valence-electron chi connectivity index (χ1n) is 12.6. The molecule has 0 radical (unpaired) electrons. The largest absolute Gasteiger partial charge is 0.372 e. The number of carbonyl (C=O) groups excluding carboxylic acids is 2. The van der Waals surface area contributed by atoms with Gasteiger partial charge < -0.3 is 20.6 Å².